The second kappa shape index (κ2) is 6.74. The summed E-state index contributed by atoms with van der Waals surface area (Å²) < 4.78 is 30.6. The lowest BCUT2D eigenvalue weighted by Crippen LogP contribution is -2.10. The summed E-state index contributed by atoms with van der Waals surface area (Å²) in [5, 5.41) is 27.9. The molecule has 0 fully saturated rings. The van der Waals surface area contributed by atoms with Gasteiger partial charge in [0.25, 0.3) is 0 Å². The first-order chi connectivity index (χ1) is 12.0. The molecule has 0 spiro atoms. The summed E-state index contributed by atoms with van der Waals surface area (Å²) in [6.45, 7) is 2.47. The molecule has 6 nitrogen and oxygen atoms in total. The summed E-state index contributed by atoms with van der Waals surface area (Å²) in [6, 6.07) is 6.19. The van der Waals surface area contributed by atoms with E-state index in [1.54, 1.807) is 4.68 Å². The smallest absolute Gasteiger partial charge is 0.163 e. The molecule has 0 bridgehead atoms. The van der Waals surface area contributed by atoms with Gasteiger partial charge in [-0.2, -0.15) is 15.5 Å². The van der Waals surface area contributed by atoms with E-state index in [1.807, 2.05) is 13.0 Å². The highest BCUT2D eigenvalue weighted by molar-refractivity contribution is 9.10. The molecule has 0 aliphatic rings. The molecule has 0 saturated carbocycles. The van der Waals surface area contributed by atoms with E-state index in [4.69, 9.17) is 5.26 Å². The van der Waals surface area contributed by atoms with Crippen molar-refractivity contribution in [1.82, 2.24) is 19.6 Å². The first kappa shape index (κ1) is 17.3. The van der Waals surface area contributed by atoms with E-state index in [0.717, 1.165) is 10.7 Å². The SMILES string of the molecule is CCn1ncc(C(O)c2cc(C#N)nn2-c2ccc(F)cc2F)c1Br. The van der Waals surface area contributed by atoms with Crippen molar-refractivity contribution >= 4 is 15.9 Å². The number of halogens is 3. The van der Waals surface area contributed by atoms with Crippen molar-refractivity contribution in [2.45, 2.75) is 19.6 Å². The van der Waals surface area contributed by atoms with Crippen LogP contribution >= 0.6 is 15.9 Å². The highest BCUT2D eigenvalue weighted by Gasteiger charge is 2.24. The summed E-state index contributed by atoms with van der Waals surface area (Å²) in [5.41, 5.74) is 0.529. The highest BCUT2D eigenvalue weighted by Crippen LogP contribution is 2.30. The van der Waals surface area contributed by atoms with Gasteiger partial charge < -0.3 is 5.11 Å². The van der Waals surface area contributed by atoms with Crippen LogP contribution in [0.3, 0.4) is 0 Å². The van der Waals surface area contributed by atoms with Crippen molar-refractivity contribution in [1.29, 1.82) is 5.26 Å². The normalized spacial score (nSPS) is 12.2. The van der Waals surface area contributed by atoms with Gasteiger partial charge in [-0.3, -0.25) is 4.68 Å². The predicted molar refractivity (Wildman–Crippen MR) is 87.9 cm³/mol. The molecule has 128 valence electrons. The third-order valence-corrected chi connectivity index (χ3v) is 4.53. The molecule has 3 rings (SSSR count). The lowest BCUT2D eigenvalue weighted by molar-refractivity contribution is 0.211. The number of aliphatic hydroxyl groups excluding tert-OH is 1. The maximum absolute atomic E-state index is 14.1. The third-order valence-electron chi connectivity index (χ3n) is 3.66. The van der Waals surface area contributed by atoms with E-state index in [2.05, 4.69) is 26.1 Å². The number of benzene rings is 1. The fourth-order valence-electron chi connectivity index (χ4n) is 2.44. The minimum atomic E-state index is -1.21. The van der Waals surface area contributed by atoms with Gasteiger partial charge in [0.05, 0.1) is 11.9 Å². The molecule has 9 heteroatoms. The van der Waals surface area contributed by atoms with Crippen LogP contribution in [0.1, 0.15) is 30.0 Å². The van der Waals surface area contributed by atoms with Gasteiger partial charge in [-0.25, -0.2) is 13.5 Å². The van der Waals surface area contributed by atoms with Crippen molar-refractivity contribution in [3.05, 3.63) is 63.7 Å². The Kier molecular flexibility index (Phi) is 4.65. The van der Waals surface area contributed by atoms with Crippen molar-refractivity contribution in [2.75, 3.05) is 0 Å². The van der Waals surface area contributed by atoms with Crippen molar-refractivity contribution < 1.29 is 13.9 Å². The molecule has 1 aromatic carbocycles. The van der Waals surface area contributed by atoms with Crippen LogP contribution in [0.4, 0.5) is 8.78 Å². The maximum Gasteiger partial charge on any atom is 0.163 e. The molecule has 3 aromatic rings. The number of hydrogen-bond donors (Lipinski definition) is 1. The third kappa shape index (κ3) is 3.06. The number of aromatic nitrogens is 4. The van der Waals surface area contributed by atoms with Crippen LogP contribution in [0.5, 0.6) is 0 Å². The number of nitrogens with zero attached hydrogens (tertiary/aromatic N) is 5. The molecule has 1 unspecified atom stereocenters. The van der Waals surface area contributed by atoms with Gasteiger partial charge in [0.2, 0.25) is 0 Å². The van der Waals surface area contributed by atoms with Gasteiger partial charge >= 0.3 is 0 Å². The minimum absolute atomic E-state index is 0.00298. The van der Waals surface area contributed by atoms with Crippen LogP contribution in [0.15, 0.2) is 35.1 Å². The van der Waals surface area contributed by atoms with Crippen LogP contribution in [-0.4, -0.2) is 24.7 Å². The zero-order valence-electron chi connectivity index (χ0n) is 13.0. The van der Waals surface area contributed by atoms with E-state index in [-0.39, 0.29) is 17.1 Å². The highest BCUT2D eigenvalue weighted by atomic mass is 79.9. The standard InChI is InChI=1S/C16H12BrF2N5O/c1-2-23-16(17)11(8-21-23)15(25)14-6-10(7-20)22-24(14)13-4-3-9(18)5-12(13)19/h3-6,8,15,25H,2H2,1H3. The number of rotatable bonds is 4. The zero-order chi connectivity index (χ0) is 18.1. The van der Waals surface area contributed by atoms with E-state index in [9.17, 15) is 13.9 Å². The Hall–Kier alpha value is -2.57. The number of hydrogen-bond acceptors (Lipinski definition) is 4. The molecule has 0 amide bonds. The van der Waals surface area contributed by atoms with Crippen LogP contribution in [0.25, 0.3) is 5.69 Å². The number of aliphatic hydroxyl groups is 1. The first-order valence-electron chi connectivity index (χ1n) is 7.31. The average molecular weight is 408 g/mol. The first-order valence-corrected chi connectivity index (χ1v) is 8.10. The predicted octanol–water partition coefficient (Wildman–Crippen LogP) is 3.08. The largest absolute Gasteiger partial charge is 0.382 e. The second-order valence-corrected chi connectivity index (χ2v) is 5.93. The lowest BCUT2D eigenvalue weighted by Gasteiger charge is -2.13. The maximum atomic E-state index is 14.1. The van der Waals surface area contributed by atoms with Crippen LogP contribution < -0.4 is 0 Å². The molecule has 0 radical (unpaired) electrons. The number of aryl methyl sites for hydroxylation is 1. The van der Waals surface area contributed by atoms with E-state index >= 15 is 0 Å². The van der Waals surface area contributed by atoms with Gasteiger partial charge in [0, 0.05) is 24.2 Å². The Morgan fingerprint density at radius 2 is 2.12 bits per heavy atom. The van der Waals surface area contributed by atoms with Gasteiger partial charge in [-0.05, 0) is 35.0 Å². The summed E-state index contributed by atoms with van der Waals surface area (Å²) in [6.07, 6.45) is 0.261. The average Bonchev–Trinajstić information content (AvgIpc) is 3.17. The quantitative estimate of drug-likeness (QED) is 0.720. The van der Waals surface area contributed by atoms with Gasteiger partial charge in [-0.1, -0.05) is 0 Å². The van der Waals surface area contributed by atoms with E-state index in [0.29, 0.717) is 22.8 Å². The molecule has 1 atom stereocenters. The van der Waals surface area contributed by atoms with Crippen molar-refractivity contribution in [3.8, 4) is 11.8 Å². The fraction of sp³-hybridized carbons (Fsp3) is 0.188. The molecular weight excluding hydrogens is 396 g/mol. The van der Waals surface area contributed by atoms with E-state index in [1.165, 1.54) is 18.3 Å². The molecule has 2 heterocycles. The molecule has 2 aromatic heterocycles. The number of nitriles is 1. The molecule has 0 aliphatic carbocycles. The van der Waals surface area contributed by atoms with Gasteiger partial charge in [-0.15, -0.1) is 0 Å². The van der Waals surface area contributed by atoms with E-state index < -0.39 is 17.7 Å². The Morgan fingerprint density at radius 1 is 1.36 bits per heavy atom. The van der Waals surface area contributed by atoms with Crippen LogP contribution in [0, 0.1) is 23.0 Å². The van der Waals surface area contributed by atoms with Gasteiger partial charge in [0.1, 0.15) is 28.3 Å². The molecule has 1 N–H and O–H groups in total. The Bertz CT molecular complexity index is 976. The Balaban J connectivity index is 2.14. The summed E-state index contributed by atoms with van der Waals surface area (Å²) >= 11 is 3.36. The van der Waals surface area contributed by atoms with Crippen LogP contribution in [-0.2, 0) is 6.54 Å². The second-order valence-electron chi connectivity index (χ2n) is 5.18. The lowest BCUT2D eigenvalue weighted by atomic mass is 10.1. The Labute approximate surface area is 150 Å². The van der Waals surface area contributed by atoms with Gasteiger partial charge in [0.15, 0.2) is 11.5 Å². The monoisotopic (exact) mass is 407 g/mol. The fourth-order valence-corrected chi connectivity index (χ4v) is 3.10. The zero-order valence-corrected chi connectivity index (χ0v) is 14.6. The molecule has 0 aliphatic heterocycles. The minimum Gasteiger partial charge on any atom is -0.382 e. The summed E-state index contributed by atoms with van der Waals surface area (Å²) in [7, 11) is 0. The van der Waals surface area contributed by atoms with Crippen molar-refractivity contribution in [2.24, 2.45) is 0 Å². The molecular formula is C16H12BrF2N5O. The summed E-state index contributed by atoms with van der Waals surface area (Å²) in [5.74, 6) is -1.59. The summed E-state index contributed by atoms with van der Waals surface area (Å²) in [4.78, 5) is 0. The topological polar surface area (TPSA) is 79.7 Å². The molecule has 0 saturated heterocycles. The molecule has 25 heavy (non-hydrogen) atoms. The van der Waals surface area contributed by atoms with Crippen LogP contribution in [0.2, 0.25) is 0 Å². The van der Waals surface area contributed by atoms with Crippen molar-refractivity contribution in [3.63, 3.8) is 0 Å². The Morgan fingerprint density at radius 3 is 2.72 bits per heavy atom.